The van der Waals surface area contributed by atoms with Gasteiger partial charge in [0.25, 0.3) is 0 Å². The molecule has 0 saturated heterocycles. The Kier molecular flexibility index (Phi) is 2.68. The second-order valence-corrected chi connectivity index (χ2v) is 2.39. The van der Waals surface area contributed by atoms with Gasteiger partial charge in [-0.25, -0.2) is 4.98 Å². The zero-order chi connectivity index (χ0) is 8.97. The fourth-order valence-corrected chi connectivity index (χ4v) is 0.794. The molecule has 1 aromatic rings. The third kappa shape index (κ3) is 2.61. The van der Waals surface area contributed by atoms with Crippen molar-refractivity contribution in [3.05, 3.63) is 17.7 Å². The Morgan fingerprint density at radius 1 is 1.67 bits per heavy atom. The predicted molar refractivity (Wildman–Crippen MR) is 40.5 cm³/mol. The van der Waals surface area contributed by atoms with Gasteiger partial charge < -0.3 is 5.11 Å². The molecule has 0 spiro atoms. The Balaban J connectivity index is 2.57. The number of carboxylic acid groups (broad SMARTS) is 1. The van der Waals surface area contributed by atoms with E-state index in [2.05, 4.69) is 15.2 Å². The number of rotatable bonds is 3. The first-order valence-corrected chi connectivity index (χ1v) is 3.55. The van der Waals surface area contributed by atoms with Gasteiger partial charge in [-0.3, -0.25) is 4.79 Å². The average molecular weight is 167 g/mol. The van der Waals surface area contributed by atoms with E-state index < -0.39 is 5.97 Å². The van der Waals surface area contributed by atoms with E-state index in [0.717, 1.165) is 0 Å². The summed E-state index contributed by atoms with van der Waals surface area (Å²) in [5.41, 5.74) is 0.671. The molecule has 5 nitrogen and oxygen atoms in total. The van der Waals surface area contributed by atoms with Gasteiger partial charge in [-0.2, -0.15) is 5.10 Å². The van der Waals surface area contributed by atoms with Crippen LogP contribution in [-0.4, -0.2) is 26.3 Å². The highest BCUT2D eigenvalue weighted by atomic mass is 16.4. The lowest BCUT2D eigenvalue weighted by Gasteiger charge is -1.96. The van der Waals surface area contributed by atoms with E-state index in [1.54, 1.807) is 6.92 Å². The van der Waals surface area contributed by atoms with Gasteiger partial charge in [0.2, 0.25) is 0 Å². The van der Waals surface area contributed by atoms with Crippen LogP contribution in [0.1, 0.15) is 17.9 Å². The second-order valence-electron chi connectivity index (χ2n) is 2.39. The van der Waals surface area contributed by atoms with Crippen LogP contribution in [0.4, 0.5) is 0 Å². The molecular weight excluding hydrogens is 158 g/mol. The van der Waals surface area contributed by atoms with Crippen LogP contribution in [0.25, 0.3) is 0 Å². The number of carbonyl (C=O) groups is 1. The molecular formula is C7H9N3O2. The van der Waals surface area contributed by atoms with Crippen molar-refractivity contribution in [2.75, 3.05) is 0 Å². The smallest absolute Gasteiger partial charge is 0.303 e. The number of nitrogens with zero attached hydrogens (tertiary/aromatic N) is 3. The molecule has 0 atom stereocenters. The normalized spacial score (nSPS) is 9.75. The highest BCUT2D eigenvalue weighted by molar-refractivity contribution is 5.66. The van der Waals surface area contributed by atoms with E-state index in [1.165, 1.54) is 6.20 Å². The van der Waals surface area contributed by atoms with E-state index in [1.807, 2.05) is 0 Å². The number of aryl methyl sites for hydroxylation is 2. The van der Waals surface area contributed by atoms with Crippen LogP contribution in [0.2, 0.25) is 0 Å². The van der Waals surface area contributed by atoms with Gasteiger partial charge in [-0.1, -0.05) is 0 Å². The minimum atomic E-state index is -0.828. The molecule has 0 aliphatic carbocycles. The van der Waals surface area contributed by atoms with Gasteiger partial charge in [-0.15, -0.1) is 5.10 Å². The summed E-state index contributed by atoms with van der Waals surface area (Å²) in [6.07, 6.45) is 1.97. The van der Waals surface area contributed by atoms with Crippen molar-refractivity contribution in [2.24, 2.45) is 0 Å². The molecule has 1 N–H and O–H groups in total. The summed E-state index contributed by atoms with van der Waals surface area (Å²) in [4.78, 5) is 14.2. The number of carboxylic acids is 1. The molecule has 1 heterocycles. The molecule has 0 aliphatic heterocycles. The van der Waals surface area contributed by atoms with Crippen LogP contribution < -0.4 is 0 Å². The molecule has 0 saturated carbocycles. The standard InChI is InChI=1S/C7H9N3O2/c1-5-9-6(4-8-10-5)2-3-7(11)12/h4H,2-3H2,1H3,(H,11,12). The largest absolute Gasteiger partial charge is 0.481 e. The maximum absolute atomic E-state index is 10.2. The molecule has 5 heteroatoms. The van der Waals surface area contributed by atoms with Gasteiger partial charge in [-0.05, 0) is 6.92 Å². The predicted octanol–water partition coefficient (Wildman–Crippen LogP) is 0.197. The molecule has 1 rings (SSSR count). The van der Waals surface area contributed by atoms with Gasteiger partial charge in [0.1, 0.15) is 5.82 Å². The van der Waals surface area contributed by atoms with E-state index in [4.69, 9.17) is 5.11 Å². The monoisotopic (exact) mass is 167 g/mol. The van der Waals surface area contributed by atoms with Gasteiger partial charge in [0, 0.05) is 6.42 Å². The summed E-state index contributed by atoms with van der Waals surface area (Å²) in [6, 6.07) is 0. The zero-order valence-corrected chi connectivity index (χ0v) is 6.69. The minimum Gasteiger partial charge on any atom is -0.481 e. The molecule has 0 radical (unpaired) electrons. The van der Waals surface area contributed by atoms with Crippen molar-refractivity contribution >= 4 is 5.97 Å². The fraction of sp³-hybridized carbons (Fsp3) is 0.429. The lowest BCUT2D eigenvalue weighted by atomic mass is 10.2. The van der Waals surface area contributed by atoms with Gasteiger partial charge in [0.05, 0.1) is 18.3 Å². The van der Waals surface area contributed by atoms with Crippen molar-refractivity contribution < 1.29 is 9.90 Å². The molecule has 0 aromatic carbocycles. The van der Waals surface area contributed by atoms with E-state index in [-0.39, 0.29) is 6.42 Å². The van der Waals surface area contributed by atoms with Crippen molar-refractivity contribution in [2.45, 2.75) is 19.8 Å². The van der Waals surface area contributed by atoms with Crippen LogP contribution in [0.3, 0.4) is 0 Å². The Labute approximate surface area is 69.5 Å². The summed E-state index contributed by atoms with van der Waals surface area (Å²) < 4.78 is 0. The SMILES string of the molecule is Cc1nncc(CCC(=O)O)n1. The summed E-state index contributed by atoms with van der Waals surface area (Å²) in [7, 11) is 0. The summed E-state index contributed by atoms with van der Waals surface area (Å²) >= 11 is 0. The quantitative estimate of drug-likeness (QED) is 0.695. The lowest BCUT2D eigenvalue weighted by Crippen LogP contribution is -2.02. The number of aromatic nitrogens is 3. The maximum atomic E-state index is 10.2. The second kappa shape index (κ2) is 3.75. The van der Waals surface area contributed by atoms with E-state index >= 15 is 0 Å². The van der Waals surface area contributed by atoms with Crippen molar-refractivity contribution in [1.29, 1.82) is 0 Å². The summed E-state index contributed by atoms with van der Waals surface area (Å²) in [6.45, 7) is 1.72. The first-order chi connectivity index (χ1) is 5.68. The van der Waals surface area contributed by atoms with Crippen LogP contribution in [-0.2, 0) is 11.2 Å². The average Bonchev–Trinajstić information content (AvgIpc) is 2.01. The Bertz CT molecular complexity index is 288. The van der Waals surface area contributed by atoms with E-state index in [0.29, 0.717) is 17.9 Å². The first-order valence-electron chi connectivity index (χ1n) is 3.55. The number of hydrogen-bond acceptors (Lipinski definition) is 4. The van der Waals surface area contributed by atoms with Crippen molar-refractivity contribution in [1.82, 2.24) is 15.2 Å². The van der Waals surface area contributed by atoms with E-state index in [9.17, 15) is 4.79 Å². The minimum absolute atomic E-state index is 0.0815. The van der Waals surface area contributed by atoms with Crippen LogP contribution in [0.5, 0.6) is 0 Å². The van der Waals surface area contributed by atoms with Gasteiger partial charge >= 0.3 is 5.97 Å². The Morgan fingerprint density at radius 2 is 2.42 bits per heavy atom. The first kappa shape index (κ1) is 8.58. The van der Waals surface area contributed by atoms with Crippen LogP contribution in [0.15, 0.2) is 6.20 Å². The molecule has 1 aromatic heterocycles. The van der Waals surface area contributed by atoms with Crippen LogP contribution >= 0.6 is 0 Å². The zero-order valence-electron chi connectivity index (χ0n) is 6.69. The Hall–Kier alpha value is -1.52. The third-order valence-corrected chi connectivity index (χ3v) is 1.31. The highest BCUT2D eigenvalue weighted by Gasteiger charge is 2.00. The topological polar surface area (TPSA) is 76.0 Å². The molecule has 64 valence electrons. The fourth-order valence-electron chi connectivity index (χ4n) is 0.794. The summed E-state index contributed by atoms with van der Waals surface area (Å²) in [5.74, 6) is -0.260. The maximum Gasteiger partial charge on any atom is 0.303 e. The number of aliphatic carboxylic acids is 1. The molecule has 0 amide bonds. The van der Waals surface area contributed by atoms with Crippen molar-refractivity contribution in [3.63, 3.8) is 0 Å². The lowest BCUT2D eigenvalue weighted by molar-refractivity contribution is -0.136. The third-order valence-electron chi connectivity index (χ3n) is 1.31. The molecule has 0 unspecified atom stereocenters. The van der Waals surface area contributed by atoms with Gasteiger partial charge in [0.15, 0.2) is 0 Å². The molecule has 0 aliphatic rings. The highest BCUT2D eigenvalue weighted by Crippen LogP contribution is 1.96. The van der Waals surface area contributed by atoms with Crippen LogP contribution in [0, 0.1) is 6.92 Å². The molecule has 0 fully saturated rings. The molecule has 12 heavy (non-hydrogen) atoms. The summed E-state index contributed by atoms with van der Waals surface area (Å²) in [5, 5.41) is 15.7. The van der Waals surface area contributed by atoms with Crippen molar-refractivity contribution in [3.8, 4) is 0 Å². The molecule has 0 bridgehead atoms. The number of hydrogen-bond donors (Lipinski definition) is 1. The Morgan fingerprint density at radius 3 is 3.00 bits per heavy atom.